The monoisotopic (exact) mass is 322 g/mol. The van der Waals surface area contributed by atoms with Gasteiger partial charge in [0, 0.05) is 23.9 Å². The lowest BCUT2D eigenvalue weighted by atomic mass is 9.92. The number of amides is 2. The number of urea groups is 1. The molecule has 0 saturated carbocycles. The summed E-state index contributed by atoms with van der Waals surface area (Å²) in [4.78, 5) is 12.4. The standard InChI is InChI=1S/C19H22N4O/c1-19(2,3)16-12-17(23(4)22-16)21-18(24)20-15-11-7-9-13-8-5-6-10-14(13)15/h5-12H,1-4H3,(H2,20,21,24). The van der Waals surface area contributed by atoms with E-state index in [4.69, 9.17) is 0 Å². The van der Waals surface area contributed by atoms with Gasteiger partial charge in [-0.3, -0.25) is 10.00 Å². The average Bonchev–Trinajstić information content (AvgIpc) is 2.89. The van der Waals surface area contributed by atoms with E-state index < -0.39 is 0 Å². The van der Waals surface area contributed by atoms with E-state index in [0.29, 0.717) is 5.82 Å². The van der Waals surface area contributed by atoms with Gasteiger partial charge in [0.05, 0.1) is 11.4 Å². The molecule has 0 aliphatic rings. The van der Waals surface area contributed by atoms with Crippen molar-refractivity contribution in [1.82, 2.24) is 9.78 Å². The van der Waals surface area contributed by atoms with Crippen LogP contribution in [0.3, 0.4) is 0 Å². The van der Waals surface area contributed by atoms with Crippen LogP contribution in [0.1, 0.15) is 26.5 Å². The van der Waals surface area contributed by atoms with Crippen molar-refractivity contribution in [3.05, 3.63) is 54.2 Å². The molecule has 0 aliphatic heterocycles. The number of fused-ring (bicyclic) bond motifs is 1. The van der Waals surface area contributed by atoms with E-state index in [1.165, 1.54) is 0 Å². The molecule has 0 unspecified atom stereocenters. The number of anilines is 2. The summed E-state index contributed by atoms with van der Waals surface area (Å²) < 4.78 is 1.68. The lowest BCUT2D eigenvalue weighted by Crippen LogP contribution is -2.21. The Labute approximate surface area is 141 Å². The summed E-state index contributed by atoms with van der Waals surface area (Å²) in [5.41, 5.74) is 1.65. The smallest absolute Gasteiger partial charge is 0.307 e. The summed E-state index contributed by atoms with van der Waals surface area (Å²) in [7, 11) is 1.82. The average molecular weight is 322 g/mol. The van der Waals surface area contributed by atoms with Gasteiger partial charge in [-0.25, -0.2) is 4.79 Å². The number of aromatic nitrogens is 2. The quantitative estimate of drug-likeness (QED) is 0.729. The molecule has 0 radical (unpaired) electrons. The van der Waals surface area contributed by atoms with Gasteiger partial charge in [0.2, 0.25) is 0 Å². The van der Waals surface area contributed by atoms with E-state index in [-0.39, 0.29) is 11.4 Å². The molecular formula is C19H22N4O. The normalized spacial score (nSPS) is 11.5. The van der Waals surface area contributed by atoms with Crippen LogP contribution in [0.5, 0.6) is 0 Å². The predicted molar refractivity (Wildman–Crippen MR) is 98.5 cm³/mol. The zero-order valence-electron chi connectivity index (χ0n) is 14.4. The number of benzene rings is 2. The van der Waals surface area contributed by atoms with Gasteiger partial charge in [-0.2, -0.15) is 5.10 Å². The van der Waals surface area contributed by atoms with Crippen LogP contribution in [0.4, 0.5) is 16.3 Å². The van der Waals surface area contributed by atoms with Crippen LogP contribution in [0, 0.1) is 0 Å². The largest absolute Gasteiger partial charge is 0.324 e. The van der Waals surface area contributed by atoms with Gasteiger partial charge in [0.25, 0.3) is 0 Å². The van der Waals surface area contributed by atoms with E-state index in [0.717, 1.165) is 22.2 Å². The van der Waals surface area contributed by atoms with Crippen molar-refractivity contribution in [3.8, 4) is 0 Å². The molecule has 2 aromatic carbocycles. The highest BCUT2D eigenvalue weighted by Crippen LogP contribution is 2.25. The number of nitrogens with zero attached hydrogens (tertiary/aromatic N) is 2. The van der Waals surface area contributed by atoms with Crippen LogP contribution >= 0.6 is 0 Å². The molecule has 124 valence electrons. The molecule has 5 heteroatoms. The third-order valence-corrected chi connectivity index (χ3v) is 3.93. The first-order valence-electron chi connectivity index (χ1n) is 7.95. The molecule has 2 amide bonds. The molecule has 2 N–H and O–H groups in total. The molecule has 0 bridgehead atoms. The second-order valence-corrected chi connectivity index (χ2v) is 6.89. The van der Waals surface area contributed by atoms with Crippen molar-refractivity contribution in [2.24, 2.45) is 7.05 Å². The fourth-order valence-electron chi connectivity index (χ4n) is 2.56. The third kappa shape index (κ3) is 3.25. The Morgan fingerprint density at radius 1 is 1.04 bits per heavy atom. The predicted octanol–water partition coefficient (Wildman–Crippen LogP) is 4.51. The maximum absolute atomic E-state index is 12.4. The van der Waals surface area contributed by atoms with E-state index in [1.54, 1.807) is 4.68 Å². The molecule has 3 aromatic rings. The number of carbonyl (C=O) groups excluding carboxylic acids is 1. The van der Waals surface area contributed by atoms with Crippen molar-refractivity contribution in [3.63, 3.8) is 0 Å². The van der Waals surface area contributed by atoms with Crippen molar-refractivity contribution in [2.75, 3.05) is 10.6 Å². The summed E-state index contributed by atoms with van der Waals surface area (Å²) in [6.07, 6.45) is 0. The number of nitrogens with one attached hydrogen (secondary N) is 2. The Morgan fingerprint density at radius 2 is 1.75 bits per heavy atom. The van der Waals surface area contributed by atoms with Gasteiger partial charge in [-0.1, -0.05) is 57.2 Å². The minimum absolute atomic E-state index is 0.0657. The minimum Gasteiger partial charge on any atom is -0.307 e. The highest BCUT2D eigenvalue weighted by atomic mass is 16.2. The van der Waals surface area contributed by atoms with Crippen LogP contribution in [0.25, 0.3) is 10.8 Å². The molecule has 0 atom stereocenters. The van der Waals surface area contributed by atoms with Crippen LogP contribution in [0.15, 0.2) is 48.5 Å². The second kappa shape index (κ2) is 6.00. The minimum atomic E-state index is -0.283. The van der Waals surface area contributed by atoms with Crippen LogP contribution < -0.4 is 10.6 Å². The van der Waals surface area contributed by atoms with E-state index in [9.17, 15) is 4.79 Å². The maximum atomic E-state index is 12.4. The lowest BCUT2D eigenvalue weighted by Gasteiger charge is -2.13. The van der Waals surface area contributed by atoms with Crippen LogP contribution in [-0.2, 0) is 12.5 Å². The Bertz CT molecular complexity index is 885. The SMILES string of the molecule is Cn1nc(C(C)(C)C)cc1NC(=O)Nc1cccc2ccccc12. The molecular weight excluding hydrogens is 300 g/mol. The molecule has 0 saturated heterocycles. The molecule has 0 fully saturated rings. The zero-order chi connectivity index (χ0) is 17.3. The molecule has 3 rings (SSSR count). The molecule has 24 heavy (non-hydrogen) atoms. The number of hydrogen-bond acceptors (Lipinski definition) is 2. The zero-order valence-corrected chi connectivity index (χ0v) is 14.4. The van der Waals surface area contributed by atoms with Crippen molar-refractivity contribution in [2.45, 2.75) is 26.2 Å². The summed E-state index contributed by atoms with van der Waals surface area (Å²) >= 11 is 0. The summed E-state index contributed by atoms with van der Waals surface area (Å²) in [5, 5.41) is 12.3. The van der Waals surface area contributed by atoms with Crippen LogP contribution in [0.2, 0.25) is 0 Å². The van der Waals surface area contributed by atoms with Gasteiger partial charge in [0.15, 0.2) is 0 Å². The molecule has 5 nitrogen and oxygen atoms in total. The first-order valence-corrected chi connectivity index (χ1v) is 7.95. The Hall–Kier alpha value is -2.82. The summed E-state index contributed by atoms with van der Waals surface area (Å²) in [5.74, 6) is 0.665. The molecule has 1 aromatic heterocycles. The van der Waals surface area contributed by atoms with Crippen molar-refractivity contribution >= 4 is 28.3 Å². The Kier molecular flexibility index (Phi) is 4.01. The van der Waals surface area contributed by atoms with Gasteiger partial charge in [-0.15, -0.1) is 0 Å². The van der Waals surface area contributed by atoms with Crippen molar-refractivity contribution < 1.29 is 4.79 Å². The number of rotatable bonds is 2. The second-order valence-electron chi connectivity index (χ2n) is 6.89. The topological polar surface area (TPSA) is 59.0 Å². The highest BCUT2D eigenvalue weighted by Gasteiger charge is 2.19. The third-order valence-electron chi connectivity index (χ3n) is 3.93. The van der Waals surface area contributed by atoms with Gasteiger partial charge in [0.1, 0.15) is 5.82 Å². The highest BCUT2D eigenvalue weighted by molar-refractivity contribution is 6.05. The van der Waals surface area contributed by atoms with Crippen LogP contribution in [-0.4, -0.2) is 15.8 Å². The lowest BCUT2D eigenvalue weighted by molar-refractivity contribution is 0.262. The maximum Gasteiger partial charge on any atom is 0.324 e. The molecule has 0 spiro atoms. The fraction of sp³-hybridized carbons (Fsp3) is 0.263. The summed E-state index contributed by atoms with van der Waals surface area (Å²) in [6, 6.07) is 15.4. The van der Waals surface area contributed by atoms with Gasteiger partial charge < -0.3 is 5.32 Å². The van der Waals surface area contributed by atoms with Crippen molar-refractivity contribution in [1.29, 1.82) is 0 Å². The Balaban J connectivity index is 1.80. The van der Waals surface area contributed by atoms with E-state index >= 15 is 0 Å². The number of aryl methyl sites for hydroxylation is 1. The first kappa shape index (κ1) is 16.1. The molecule has 1 heterocycles. The van der Waals surface area contributed by atoms with Gasteiger partial charge >= 0.3 is 6.03 Å². The fourth-order valence-corrected chi connectivity index (χ4v) is 2.56. The van der Waals surface area contributed by atoms with E-state index in [1.807, 2.05) is 55.6 Å². The number of carbonyl (C=O) groups is 1. The van der Waals surface area contributed by atoms with Gasteiger partial charge in [-0.05, 0) is 11.5 Å². The summed E-state index contributed by atoms with van der Waals surface area (Å²) in [6.45, 7) is 6.28. The molecule has 0 aliphatic carbocycles. The number of hydrogen-bond donors (Lipinski definition) is 2. The first-order chi connectivity index (χ1) is 11.3. The Morgan fingerprint density at radius 3 is 2.46 bits per heavy atom. The van der Waals surface area contributed by atoms with E-state index in [2.05, 4.69) is 36.5 Å².